The lowest BCUT2D eigenvalue weighted by Gasteiger charge is -2.08. The number of ether oxygens (including phenoxy) is 2. The summed E-state index contributed by atoms with van der Waals surface area (Å²) in [5.41, 5.74) is 0.306. The van der Waals surface area contributed by atoms with Gasteiger partial charge < -0.3 is 9.47 Å². The molecule has 25 heavy (non-hydrogen) atoms. The maximum atomic E-state index is 12.2. The Balaban J connectivity index is 2.40. The van der Waals surface area contributed by atoms with E-state index in [-0.39, 0.29) is 27.8 Å². The fraction of sp³-hybridized carbons (Fsp3) is 0.118. The summed E-state index contributed by atoms with van der Waals surface area (Å²) in [7, 11) is 2.79. The first-order chi connectivity index (χ1) is 11.9. The molecule has 0 spiro atoms. The molecule has 0 aromatic heterocycles. The zero-order valence-corrected chi connectivity index (χ0v) is 14.8. The Morgan fingerprint density at radius 2 is 1.72 bits per heavy atom. The van der Waals surface area contributed by atoms with Crippen LogP contribution >= 0.6 is 23.2 Å². The molecule has 0 N–H and O–H groups in total. The number of benzene rings is 2. The summed E-state index contributed by atoms with van der Waals surface area (Å²) in [4.78, 5) is 22.9. The lowest BCUT2D eigenvalue weighted by Crippen LogP contribution is -1.98. The van der Waals surface area contributed by atoms with Gasteiger partial charge in [0, 0.05) is 5.56 Å². The van der Waals surface area contributed by atoms with Gasteiger partial charge in [0.1, 0.15) is 0 Å². The second-order valence-electron chi connectivity index (χ2n) is 4.85. The number of nitrogens with zero attached hydrogens (tertiary/aromatic N) is 1. The molecule has 6 nitrogen and oxygen atoms in total. The lowest BCUT2D eigenvalue weighted by atomic mass is 10.1. The fourth-order valence-electron chi connectivity index (χ4n) is 2.09. The number of rotatable bonds is 6. The average Bonchev–Trinajstić information content (AvgIpc) is 2.60. The topological polar surface area (TPSA) is 78.7 Å². The smallest absolute Gasteiger partial charge is 0.280 e. The van der Waals surface area contributed by atoms with Gasteiger partial charge in [0.2, 0.25) is 0 Å². The number of hydrogen-bond acceptors (Lipinski definition) is 5. The SMILES string of the molecule is COc1cc(/C=C/C(=O)c2ccc(Cl)c(Cl)c2)c([N+](=O)[O-])cc1OC. The molecule has 0 saturated carbocycles. The van der Waals surface area contributed by atoms with Gasteiger partial charge in [-0.25, -0.2) is 0 Å². The van der Waals surface area contributed by atoms with Crippen molar-refractivity contribution in [3.05, 3.63) is 67.7 Å². The average molecular weight is 382 g/mol. The molecule has 2 aromatic carbocycles. The first-order valence-electron chi connectivity index (χ1n) is 6.95. The van der Waals surface area contributed by atoms with Gasteiger partial charge in [0.15, 0.2) is 17.3 Å². The number of ketones is 1. The molecule has 0 aliphatic rings. The van der Waals surface area contributed by atoms with Crippen molar-refractivity contribution in [1.29, 1.82) is 0 Å². The Kier molecular flexibility index (Phi) is 6.01. The zero-order valence-electron chi connectivity index (χ0n) is 13.3. The molecule has 0 radical (unpaired) electrons. The van der Waals surface area contributed by atoms with Gasteiger partial charge in [-0.2, -0.15) is 0 Å². The summed E-state index contributed by atoms with van der Waals surface area (Å²) in [6.45, 7) is 0. The van der Waals surface area contributed by atoms with E-state index in [1.54, 1.807) is 0 Å². The number of nitro groups is 1. The molecule has 0 bridgehead atoms. The highest BCUT2D eigenvalue weighted by Gasteiger charge is 2.18. The summed E-state index contributed by atoms with van der Waals surface area (Å²) < 4.78 is 10.2. The lowest BCUT2D eigenvalue weighted by molar-refractivity contribution is -0.385. The normalized spacial score (nSPS) is 10.7. The second kappa shape index (κ2) is 8.00. The van der Waals surface area contributed by atoms with E-state index in [0.29, 0.717) is 16.3 Å². The van der Waals surface area contributed by atoms with Crippen LogP contribution in [0.5, 0.6) is 11.5 Å². The molecule has 0 aliphatic heterocycles. The van der Waals surface area contributed by atoms with Crippen molar-refractivity contribution in [2.24, 2.45) is 0 Å². The van der Waals surface area contributed by atoms with Crippen LogP contribution in [-0.4, -0.2) is 24.9 Å². The van der Waals surface area contributed by atoms with E-state index in [0.717, 1.165) is 0 Å². The third-order valence-corrected chi connectivity index (χ3v) is 4.09. The maximum absolute atomic E-state index is 12.2. The van der Waals surface area contributed by atoms with Crippen molar-refractivity contribution < 1.29 is 19.2 Å². The van der Waals surface area contributed by atoms with E-state index >= 15 is 0 Å². The summed E-state index contributed by atoms with van der Waals surface area (Å²) in [6.07, 6.45) is 2.55. The van der Waals surface area contributed by atoms with Crippen molar-refractivity contribution in [1.82, 2.24) is 0 Å². The first kappa shape index (κ1) is 18.8. The van der Waals surface area contributed by atoms with Crippen molar-refractivity contribution in [2.75, 3.05) is 14.2 Å². The molecular formula is C17H13Cl2NO5. The van der Waals surface area contributed by atoms with Crippen LogP contribution in [0.1, 0.15) is 15.9 Å². The van der Waals surface area contributed by atoms with Crippen molar-refractivity contribution in [2.45, 2.75) is 0 Å². The summed E-state index contributed by atoms with van der Waals surface area (Å²) in [6, 6.07) is 7.12. The van der Waals surface area contributed by atoms with Crippen LogP contribution in [0.2, 0.25) is 10.0 Å². The predicted molar refractivity (Wildman–Crippen MR) is 96.0 cm³/mol. The number of halogens is 2. The van der Waals surface area contributed by atoms with E-state index in [2.05, 4.69) is 0 Å². The quantitative estimate of drug-likeness (QED) is 0.310. The zero-order chi connectivity index (χ0) is 18.6. The van der Waals surface area contributed by atoms with Gasteiger partial charge in [0.05, 0.1) is 40.8 Å². The van der Waals surface area contributed by atoms with Crippen LogP contribution in [0.15, 0.2) is 36.4 Å². The third kappa shape index (κ3) is 4.29. The molecule has 0 atom stereocenters. The highest BCUT2D eigenvalue weighted by atomic mass is 35.5. The molecular weight excluding hydrogens is 369 g/mol. The van der Waals surface area contributed by atoms with Crippen LogP contribution in [0, 0.1) is 10.1 Å². The molecule has 0 amide bonds. The third-order valence-electron chi connectivity index (χ3n) is 3.35. The Morgan fingerprint density at radius 1 is 1.08 bits per heavy atom. The van der Waals surface area contributed by atoms with Crippen LogP contribution in [0.25, 0.3) is 6.08 Å². The minimum absolute atomic E-state index is 0.205. The van der Waals surface area contributed by atoms with E-state index in [1.165, 1.54) is 56.7 Å². The molecule has 8 heteroatoms. The van der Waals surface area contributed by atoms with Crippen LogP contribution in [-0.2, 0) is 0 Å². The van der Waals surface area contributed by atoms with Gasteiger partial charge in [-0.05, 0) is 36.4 Å². The van der Waals surface area contributed by atoms with Crippen LogP contribution in [0.3, 0.4) is 0 Å². The van der Waals surface area contributed by atoms with Crippen molar-refractivity contribution >= 4 is 40.7 Å². The van der Waals surface area contributed by atoms with Crippen LogP contribution < -0.4 is 9.47 Å². The van der Waals surface area contributed by atoms with Gasteiger partial charge in [-0.1, -0.05) is 23.2 Å². The fourth-order valence-corrected chi connectivity index (χ4v) is 2.38. The highest BCUT2D eigenvalue weighted by Crippen LogP contribution is 2.35. The predicted octanol–water partition coefficient (Wildman–Crippen LogP) is 4.81. The van der Waals surface area contributed by atoms with Crippen molar-refractivity contribution in [3.8, 4) is 11.5 Å². The number of nitro benzene ring substituents is 1. The molecule has 0 fully saturated rings. The Morgan fingerprint density at radius 3 is 2.28 bits per heavy atom. The number of carbonyl (C=O) groups is 1. The van der Waals surface area contributed by atoms with Gasteiger partial charge >= 0.3 is 0 Å². The van der Waals surface area contributed by atoms with Gasteiger partial charge in [-0.3, -0.25) is 14.9 Å². The Hall–Kier alpha value is -2.57. The minimum atomic E-state index is -0.564. The van der Waals surface area contributed by atoms with E-state index in [1.807, 2.05) is 0 Å². The number of methoxy groups -OCH3 is 2. The van der Waals surface area contributed by atoms with E-state index in [9.17, 15) is 14.9 Å². The largest absolute Gasteiger partial charge is 0.493 e. The molecule has 0 heterocycles. The van der Waals surface area contributed by atoms with Gasteiger partial charge in [0.25, 0.3) is 5.69 Å². The number of hydrogen-bond donors (Lipinski definition) is 0. The monoisotopic (exact) mass is 381 g/mol. The maximum Gasteiger partial charge on any atom is 0.280 e. The minimum Gasteiger partial charge on any atom is -0.493 e. The molecule has 0 aliphatic carbocycles. The molecule has 2 aromatic rings. The van der Waals surface area contributed by atoms with E-state index < -0.39 is 4.92 Å². The molecule has 0 saturated heterocycles. The van der Waals surface area contributed by atoms with Gasteiger partial charge in [-0.15, -0.1) is 0 Å². The Labute approximate surface area is 153 Å². The van der Waals surface area contributed by atoms with Crippen LogP contribution in [0.4, 0.5) is 5.69 Å². The molecule has 2 rings (SSSR count). The highest BCUT2D eigenvalue weighted by molar-refractivity contribution is 6.42. The number of carbonyl (C=O) groups excluding carboxylic acids is 1. The van der Waals surface area contributed by atoms with E-state index in [4.69, 9.17) is 32.7 Å². The summed E-state index contributed by atoms with van der Waals surface area (Å²) in [5.74, 6) is 0.166. The second-order valence-corrected chi connectivity index (χ2v) is 5.66. The number of allylic oxidation sites excluding steroid dienone is 1. The molecule has 0 unspecified atom stereocenters. The summed E-state index contributed by atoms with van der Waals surface area (Å²) >= 11 is 11.7. The summed E-state index contributed by atoms with van der Waals surface area (Å²) in [5, 5.41) is 11.8. The standard InChI is InChI=1S/C17H13Cl2NO5/c1-24-16-8-10(14(20(22)23)9-17(16)25-2)4-6-15(21)11-3-5-12(18)13(19)7-11/h3-9H,1-2H3/b6-4+. The van der Waals surface area contributed by atoms with Crippen molar-refractivity contribution in [3.63, 3.8) is 0 Å². The first-order valence-corrected chi connectivity index (χ1v) is 7.70. The Bertz CT molecular complexity index is 864. The molecule has 130 valence electrons.